The van der Waals surface area contributed by atoms with Crippen LogP contribution in [0.1, 0.15) is 45.1 Å². The first-order chi connectivity index (χ1) is 8.87. The van der Waals surface area contributed by atoms with Crippen molar-refractivity contribution in [3.05, 3.63) is 22.7 Å². The number of ether oxygens (including phenoxy) is 2. The molecular formula is C14H21ClN2O2. The lowest BCUT2D eigenvalue weighted by Gasteiger charge is -2.35. The van der Waals surface area contributed by atoms with E-state index in [-0.39, 0.29) is 5.41 Å². The summed E-state index contributed by atoms with van der Waals surface area (Å²) in [6.45, 7) is 7.65. The van der Waals surface area contributed by atoms with Crippen molar-refractivity contribution in [2.24, 2.45) is 0 Å². The molecule has 1 saturated heterocycles. The summed E-state index contributed by atoms with van der Waals surface area (Å²) in [5, 5.41) is 0.470. The Morgan fingerprint density at radius 1 is 1.26 bits per heavy atom. The SMILES string of the molecule is COC1(c2nc(Cl)cc(C(C)(C)C)n2)CCOCC1. The van der Waals surface area contributed by atoms with Crippen molar-refractivity contribution in [3.8, 4) is 0 Å². The van der Waals surface area contributed by atoms with E-state index in [1.54, 1.807) is 7.11 Å². The molecule has 0 unspecified atom stereocenters. The van der Waals surface area contributed by atoms with E-state index in [2.05, 4.69) is 25.8 Å². The van der Waals surface area contributed by atoms with Crippen molar-refractivity contribution < 1.29 is 9.47 Å². The molecule has 0 atom stereocenters. The second-order valence-electron chi connectivity index (χ2n) is 5.96. The van der Waals surface area contributed by atoms with Gasteiger partial charge in [-0.3, -0.25) is 0 Å². The molecule has 0 bridgehead atoms. The fraction of sp³-hybridized carbons (Fsp3) is 0.714. The topological polar surface area (TPSA) is 44.2 Å². The molecule has 1 aliphatic rings. The van der Waals surface area contributed by atoms with Crippen LogP contribution in [0.15, 0.2) is 6.07 Å². The van der Waals surface area contributed by atoms with E-state index in [1.165, 1.54) is 0 Å². The van der Waals surface area contributed by atoms with E-state index in [0.29, 0.717) is 24.2 Å². The van der Waals surface area contributed by atoms with E-state index < -0.39 is 5.60 Å². The largest absolute Gasteiger partial charge is 0.381 e. The van der Waals surface area contributed by atoms with Gasteiger partial charge in [0, 0.05) is 38.6 Å². The van der Waals surface area contributed by atoms with E-state index in [9.17, 15) is 0 Å². The zero-order valence-corrected chi connectivity index (χ0v) is 12.8. The second-order valence-corrected chi connectivity index (χ2v) is 6.35. The first-order valence-electron chi connectivity index (χ1n) is 6.56. The molecule has 1 aliphatic heterocycles. The van der Waals surface area contributed by atoms with Gasteiger partial charge in [0.1, 0.15) is 10.8 Å². The minimum Gasteiger partial charge on any atom is -0.381 e. The van der Waals surface area contributed by atoms with Crippen LogP contribution in [-0.4, -0.2) is 30.3 Å². The Hall–Kier alpha value is -0.710. The summed E-state index contributed by atoms with van der Waals surface area (Å²) in [5.41, 5.74) is 0.398. The Morgan fingerprint density at radius 3 is 2.42 bits per heavy atom. The van der Waals surface area contributed by atoms with Crippen molar-refractivity contribution in [1.29, 1.82) is 0 Å². The molecule has 2 rings (SSSR count). The molecule has 5 heteroatoms. The molecule has 1 aromatic rings. The van der Waals surface area contributed by atoms with Crippen LogP contribution in [0, 0.1) is 0 Å². The zero-order valence-electron chi connectivity index (χ0n) is 12.0. The van der Waals surface area contributed by atoms with E-state index in [0.717, 1.165) is 18.5 Å². The molecule has 106 valence electrons. The highest BCUT2D eigenvalue weighted by Crippen LogP contribution is 2.35. The summed E-state index contributed by atoms with van der Waals surface area (Å²) < 4.78 is 11.1. The number of halogens is 1. The molecule has 0 amide bonds. The Balaban J connectivity index is 2.46. The van der Waals surface area contributed by atoms with Gasteiger partial charge in [0.2, 0.25) is 0 Å². The average molecular weight is 285 g/mol. The molecule has 1 aromatic heterocycles. The van der Waals surface area contributed by atoms with Crippen LogP contribution in [0.5, 0.6) is 0 Å². The fourth-order valence-corrected chi connectivity index (χ4v) is 2.41. The summed E-state index contributed by atoms with van der Waals surface area (Å²) in [5.74, 6) is 0.677. The lowest BCUT2D eigenvalue weighted by Crippen LogP contribution is -2.38. The number of nitrogens with zero attached hydrogens (tertiary/aromatic N) is 2. The number of hydrogen-bond donors (Lipinski definition) is 0. The monoisotopic (exact) mass is 284 g/mol. The van der Waals surface area contributed by atoms with Crippen LogP contribution in [0.3, 0.4) is 0 Å². The molecule has 0 radical (unpaired) electrons. The van der Waals surface area contributed by atoms with Gasteiger partial charge >= 0.3 is 0 Å². The van der Waals surface area contributed by atoms with Gasteiger partial charge in [0.05, 0.1) is 5.69 Å². The van der Waals surface area contributed by atoms with Gasteiger partial charge in [0.25, 0.3) is 0 Å². The molecule has 2 heterocycles. The third-order valence-electron chi connectivity index (χ3n) is 3.56. The smallest absolute Gasteiger partial charge is 0.162 e. The first kappa shape index (κ1) is 14.7. The molecule has 0 aromatic carbocycles. The third kappa shape index (κ3) is 3.07. The summed E-state index contributed by atoms with van der Waals surface area (Å²) in [6, 6.07) is 1.83. The maximum absolute atomic E-state index is 6.16. The van der Waals surface area contributed by atoms with Gasteiger partial charge in [-0.15, -0.1) is 0 Å². The van der Waals surface area contributed by atoms with Crippen LogP contribution in [0.4, 0.5) is 0 Å². The van der Waals surface area contributed by atoms with E-state index in [4.69, 9.17) is 26.1 Å². The molecule has 1 fully saturated rings. The lowest BCUT2D eigenvalue weighted by molar-refractivity contribution is -0.100. The van der Waals surface area contributed by atoms with Gasteiger partial charge < -0.3 is 9.47 Å². The summed E-state index contributed by atoms with van der Waals surface area (Å²) in [7, 11) is 1.70. The maximum Gasteiger partial charge on any atom is 0.162 e. The standard InChI is InChI=1S/C14H21ClN2O2/c1-13(2,3)10-9-11(15)17-12(16-10)14(18-4)5-7-19-8-6-14/h9H,5-8H2,1-4H3. The molecule has 0 aliphatic carbocycles. The van der Waals surface area contributed by atoms with Crippen LogP contribution in [-0.2, 0) is 20.5 Å². The molecule has 0 spiro atoms. The zero-order chi connectivity index (χ0) is 14.1. The minimum absolute atomic E-state index is 0.0680. The van der Waals surface area contributed by atoms with Crippen molar-refractivity contribution in [2.75, 3.05) is 20.3 Å². The predicted molar refractivity (Wildman–Crippen MR) is 74.5 cm³/mol. The van der Waals surface area contributed by atoms with Crippen molar-refractivity contribution >= 4 is 11.6 Å². The van der Waals surface area contributed by atoms with E-state index in [1.807, 2.05) is 6.07 Å². The Morgan fingerprint density at radius 2 is 1.89 bits per heavy atom. The number of hydrogen-bond acceptors (Lipinski definition) is 4. The van der Waals surface area contributed by atoms with Gasteiger partial charge in [0.15, 0.2) is 5.82 Å². The fourth-order valence-electron chi connectivity index (χ4n) is 2.23. The van der Waals surface area contributed by atoms with E-state index >= 15 is 0 Å². The van der Waals surface area contributed by atoms with Gasteiger partial charge in [-0.2, -0.15) is 0 Å². The normalized spacial score (nSPS) is 19.4. The first-order valence-corrected chi connectivity index (χ1v) is 6.94. The molecule has 0 N–H and O–H groups in total. The number of aromatic nitrogens is 2. The van der Waals surface area contributed by atoms with Crippen LogP contribution < -0.4 is 0 Å². The highest BCUT2D eigenvalue weighted by Gasteiger charge is 2.38. The Kier molecular flexibility index (Phi) is 4.14. The molecule has 4 nitrogen and oxygen atoms in total. The van der Waals surface area contributed by atoms with Crippen LogP contribution >= 0.6 is 11.6 Å². The van der Waals surface area contributed by atoms with Gasteiger partial charge in [-0.25, -0.2) is 9.97 Å². The molecule has 0 saturated carbocycles. The maximum atomic E-state index is 6.16. The van der Waals surface area contributed by atoms with Crippen molar-refractivity contribution in [1.82, 2.24) is 9.97 Å². The van der Waals surface area contributed by atoms with Gasteiger partial charge in [-0.05, 0) is 6.07 Å². The third-order valence-corrected chi connectivity index (χ3v) is 3.76. The molecular weight excluding hydrogens is 264 g/mol. The number of rotatable bonds is 2. The summed E-state index contributed by atoms with van der Waals surface area (Å²) >= 11 is 6.16. The summed E-state index contributed by atoms with van der Waals surface area (Å²) in [4.78, 5) is 9.08. The molecule has 19 heavy (non-hydrogen) atoms. The Bertz CT molecular complexity index is 451. The Labute approximate surface area is 119 Å². The van der Waals surface area contributed by atoms with Crippen molar-refractivity contribution in [3.63, 3.8) is 0 Å². The predicted octanol–water partition coefficient (Wildman–Crippen LogP) is 3.08. The van der Waals surface area contributed by atoms with Crippen LogP contribution in [0.25, 0.3) is 0 Å². The quantitative estimate of drug-likeness (QED) is 0.783. The lowest BCUT2D eigenvalue weighted by atomic mass is 9.90. The number of methoxy groups -OCH3 is 1. The van der Waals surface area contributed by atoms with Crippen molar-refractivity contribution in [2.45, 2.75) is 44.6 Å². The second kappa shape index (κ2) is 5.35. The van der Waals surface area contributed by atoms with Gasteiger partial charge in [-0.1, -0.05) is 32.4 Å². The summed E-state index contributed by atoms with van der Waals surface area (Å²) in [6.07, 6.45) is 1.51. The van der Waals surface area contributed by atoms with Crippen LogP contribution in [0.2, 0.25) is 5.15 Å². The highest BCUT2D eigenvalue weighted by atomic mass is 35.5. The minimum atomic E-state index is -0.469. The average Bonchev–Trinajstić information content (AvgIpc) is 2.38. The highest BCUT2D eigenvalue weighted by molar-refractivity contribution is 6.29.